The molecule has 0 saturated heterocycles. The van der Waals surface area contributed by atoms with Crippen molar-refractivity contribution in [2.24, 2.45) is 0 Å². The molecule has 1 aromatic heterocycles. The highest BCUT2D eigenvalue weighted by atomic mass is 16.2. The van der Waals surface area contributed by atoms with Gasteiger partial charge in [-0.3, -0.25) is 10.2 Å². The maximum Gasteiger partial charge on any atom is 0.265 e. The molecule has 5 heteroatoms. The predicted octanol–water partition coefficient (Wildman–Crippen LogP) is 2.18. The Morgan fingerprint density at radius 2 is 1.80 bits per heavy atom. The van der Waals surface area contributed by atoms with E-state index in [-0.39, 0.29) is 5.91 Å². The number of nitrogens with one attached hydrogen (secondary N) is 2. The lowest BCUT2D eigenvalue weighted by Crippen LogP contribution is -2.37. The molecule has 0 atom stereocenters. The Morgan fingerprint density at radius 1 is 1.10 bits per heavy atom. The summed E-state index contributed by atoms with van der Waals surface area (Å²) in [4.78, 5) is 19.8. The summed E-state index contributed by atoms with van der Waals surface area (Å²) in [7, 11) is 0. The van der Waals surface area contributed by atoms with Crippen LogP contribution in [0.3, 0.4) is 0 Å². The van der Waals surface area contributed by atoms with Gasteiger partial charge in [-0.25, -0.2) is 15.4 Å². The summed E-state index contributed by atoms with van der Waals surface area (Å²) >= 11 is 0. The first kappa shape index (κ1) is 14.1. The maximum absolute atomic E-state index is 11.9. The van der Waals surface area contributed by atoms with Crippen molar-refractivity contribution in [3.05, 3.63) is 48.5 Å². The Bertz CT molecular complexity index is 540. The number of aromatic nitrogens is 2. The number of hydrogen-bond acceptors (Lipinski definition) is 4. The second kappa shape index (κ2) is 7.35. The largest absolute Gasteiger partial charge is 0.287 e. The van der Waals surface area contributed by atoms with E-state index in [0.29, 0.717) is 5.56 Å². The Hall–Kier alpha value is -2.27. The monoisotopic (exact) mass is 270 g/mol. The number of rotatable bonds is 6. The Balaban J connectivity index is 1.96. The van der Waals surface area contributed by atoms with Crippen LogP contribution in [-0.2, 0) is 0 Å². The van der Waals surface area contributed by atoms with Crippen LogP contribution < -0.4 is 10.9 Å². The van der Waals surface area contributed by atoms with Gasteiger partial charge in [0, 0.05) is 30.1 Å². The van der Waals surface area contributed by atoms with E-state index in [4.69, 9.17) is 0 Å². The highest BCUT2D eigenvalue weighted by Crippen LogP contribution is 2.17. The quantitative estimate of drug-likeness (QED) is 0.623. The molecule has 0 aliphatic heterocycles. The highest BCUT2D eigenvalue weighted by Gasteiger charge is 2.05. The van der Waals surface area contributed by atoms with Crippen LogP contribution in [0.5, 0.6) is 0 Å². The third-order valence-electron chi connectivity index (χ3n) is 2.90. The van der Waals surface area contributed by atoms with Gasteiger partial charge in [-0.2, -0.15) is 0 Å². The van der Waals surface area contributed by atoms with Crippen LogP contribution in [0.4, 0.5) is 0 Å². The molecular formula is C15H18N4O. The summed E-state index contributed by atoms with van der Waals surface area (Å²) in [5, 5.41) is 0. The number of carbonyl (C=O) groups is 1. The molecule has 0 aliphatic rings. The van der Waals surface area contributed by atoms with Gasteiger partial charge in [-0.05, 0) is 24.1 Å². The molecule has 104 valence electrons. The topological polar surface area (TPSA) is 66.9 Å². The number of hydrogen-bond donors (Lipinski definition) is 2. The van der Waals surface area contributed by atoms with Crippen LogP contribution in [0, 0.1) is 0 Å². The van der Waals surface area contributed by atoms with Crippen molar-refractivity contribution in [3.8, 4) is 11.1 Å². The number of hydrazine groups is 1. The van der Waals surface area contributed by atoms with Gasteiger partial charge in [0.15, 0.2) is 0 Å². The third-order valence-corrected chi connectivity index (χ3v) is 2.90. The van der Waals surface area contributed by atoms with Crippen LogP contribution >= 0.6 is 0 Å². The Morgan fingerprint density at radius 3 is 2.45 bits per heavy atom. The molecule has 20 heavy (non-hydrogen) atoms. The van der Waals surface area contributed by atoms with E-state index in [1.165, 1.54) is 6.33 Å². The first-order valence-electron chi connectivity index (χ1n) is 6.70. The number of benzene rings is 1. The van der Waals surface area contributed by atoms with Gasteiger partial charge in [0.25, 0.3) is 5.91 Å². The first-order valence-corrected chi connectivity index (χ1v) is 6.70. The summed E-state index contributed by atoms with van der Waals surface area (Å²) in [5.74, 6) is -0.128. The second-order valence-corrected chi connectivity index (χ2v) is 4.44. The van der Waals surface area contributed by atoms with Gasteiger partial charge in [0.2, 0.25) is 0 Å². The van der Waals surface area contributed by atoms with E-state index in [1.807, 2.05) is 12.1 Å². The summed E-state index contributed by atoms with van der Waals surface area (Å²) in [6.07, 6.45) is 7.11. The van der Waals surface area contributed by atoms with E-state index in [9.17, 15) is 4.79 Å². The van der Waals surface area contributed by atoms with Gasteiger partial charge in [0.1, 0.15) is 6.33 Å². The standard InChI is InChI=1S/C15H18N4O/c1-2-3-8-18-19-15(20)13-6-4-12(5-7-13)14-9-16-11-17-10-14/h4-7,9-11,18H,2-3,8H2,1H3,(H,19,20). The predicted molar refractivity (Wildman–Crippen MR) is 77.8 cm³/mol. The first-order chi connectivity index (χ1) is 9.81. The summed E-state index contributed by atoms with van der Waals surface area (Å²) in [5.41, 5.74) is 8.13. The number of unbranched alkanes of at least 4 members (excludes halogenated alkanes) is 1. The van der Waals surface area contributed by atoms with E-state index in [0.717, 1.165) is 30.5 Å². The van der Waals surface area contributed by atoms with Crippen molar-refractivity contribution < 1.29 is 4.79 Å². The van der Waals surface area contributed by atoms with E-state index < -0.39 is 0 Å². The summed E-state index contributed by atoms with van der Waals surface area (Å²) < 4.78 is 0. The average molecular weight is 270 g/mol. The highest BCUT2D eigenvalue weighted by molar-refractivity contribution is 5.94. The van der Waals surface area contributed by atoms with Crippen molar-refractivity contribution in [2.75, 3.05) is 6.54 Å². The molecule has 5 nitrogen and oxygen atoms in total. The molecule has 0 radical (unpaired) electrons. The van der Waals surface area contributed by atoms with E-state index in [1.54, 1.807) is 24.5 Å². The molecule has 0 spiro atoms. The van der Waals surface area contributed by atoms with E-state index in [2.05, 4.69) is 27.7 Å². The zero-order valence-corrected chi connectivity index (χ0v) is 11.5. The molecule has 1 heterocycles. The minimum absolute atomic E-state index is 0.128. The van der Waals surface area contributed by atoms with Gasteiger partial charge in [-0.15, -0.1) is 0 Å². The van der Waals surface area contributed by atoms with Gasteiger partial charge < -0.3 is 0 Å². The number of amides is 1. The van der Waals surface area contributed by atoms with Crippen LogP contribution in [-0.4, -0.2) is 22.4 Å². The van der Waals surface area contributed by atoms with E-state index >= 15 is 0 Å². The van der Waals surface area contributed by atoms with Gasteiger partial charge >= 0.3 is 0 Å². The van der Waals surface area contributed by atoms with Crippen LogP contribution in [0.2, 0.25) is 0 Å². The Kier molecular flexibility index (Phi) is 5.20. The molecule has 0 unspecified atom stereocenters. The minimum Gasteiger partial charge on any atom is -0.287 e. The van der Waals surface area contributed by atoms with Crippen LogP contribution in [0.25, 0.3) is 11.1 Å². The van der Waals surface area contributed by atoms with Crippen LogP contribution in [0.15, 0.2) is 43.0 Å². The zero-order valence-electron chi connectivity index (χ0n) is 11.5. The Labute approximate surface area is 118 Å². The molecule has 2 rings (SSSR count). The molecular weight excluding hydrogens is 252 g/mol. The van der Waals surface area contributed by atoms with Crippen molar-refractivity contribution in [1.82, 2.24) is 20.8 Å². The normalized spacial score (nSPS) is 10.2. The zero-order chi connectivity index (χ0) is 14.2. The minimum atomic E-state index is -0.128. The molecule has 2 N–H and O–H groups in total. The smallest absolute Gasteiger partial charge is 0.265 e. The van der Waals surface area contributed by atoms with Crippen molar-refractivity contribution >= 4 is 5.91 Å². The summed E-state index contributed by atoms with van der Waals surface area (Å²) in [6.45, 7) is 2.89. The molecule has 1 amide bonds. The molecule has 0 fully saturated rings. The molecule has 2 aromatic rings. The number of carbonyl (C=O) groups excluding carboxylic acids is 1. The molecule has 0 saturated carbocycles. The fourth-order valence-corrected chi connectivity index (χ4v) is 1.74. The lowest BCUT2D eigenvalue weighted by Gasteiger charge is -2.07. The maximum atomic E-state index is 11.9. The molecule has 0 aliphatic carbocycles. The summed E-state index contributed by atoms with van der Waals surface area (Å²) in [6, 6.07) is 7.36. The van der Waals surface area contributed by atoms with Gasteiger partial charge in [0.05, 0.1) is 0 Å². The molecule has 1 aromatic carbocycles. The SMILES string of the molecule is CCCCNNC(=O)c1ccc(-c2cncnc2)cc1. The van der Waals surface area contributed by atoms with Crippen LogP contribution in [0.1, 0.15) is 30.1 Å². The fraction of sp³-hybridized carbons (Fsp3) is 0.267. The average Bonchev–Trinajstić information content (AvgIpc) is 2.52. The van der Waals surface area contributed by atoms with Crippen molar-refractivity contribution in [1.29, 1.82) is 0 Å². The third kappa shape index (κ3) is 3.86. The lowest BCUT2D eigenvalue weighted by atomic mass is 10.1. The lowest BCUT2D eigenvalue weighted by molar-refractivity contribution is 0.0933. The van der Waals surface area contributed by atoms with Crippen molar-refractivity contribution in [3.63, 3.8) is 0 Å². The van der Waals surface area contributed by atoms with Crippen molar-refractivity contribution in [2.45, 2.75) is 19.8 Å². The fourth-order valence-electron chi connectivity index (χ4n) is 1.74. The number of nitrogens with zero attached hydrogens (tertiary/aromatic N) is 2. The molecule has 0 bridgehead atoms. The second-order valence-electron chi connectivity index (χ2n) is 4.44. The van der Waals surface area contributed by atoms with Gasteiger partial charge in [-0.1, -0.05) is 25.5 Å².